The summed E-state index contributed by atoms with van der Waals surface area (Å²) < 4.78 is 5.26. The number of phenolic OH excluding ortho intramolecular Hbond substituents is 1. The summed E-state index contributed by atoms with van der Waals surface area (Å²) >= 11 is 0. The molecular weight excluding hydrogens is 382 g/mol. The predicted octanol–water partition coefficient (Wildman–Crippen LogP) is 4.45. The zero-order chi connectivity index (χ0) is 21.7. The van der Waals surface area contributed by atoms with E-state index in [0.717, 1.165) is 11.1 Å². The number of carbonyl (C=O) groups is 3. The van der Waals surface area contributed by atoms with Crippen molar-refractivity contribution in [3.05, 3.63) is 83.9 Å². The first-order valence-corrected chi connectivity index (χ1v) is 9.36. The van der Waals surface area contributed by atoms with Crippen molar-refractivity contribution in [2.75, 3.05) is 5.32 Å². The van der Waals surface area contributed by atoms with Gasteiger partial charge in [0.1, 0.15) is 5.75 Å². The minimum absolute atomic E-state index is 0.110. The van der Waals surface area contributed by atoms with Crippen LogP contribution < -0.4 is 5.32 Å². The fraction of sp³-hybridized carbons (Fsp3) is 0.125. The lowest BCUT2D eigenvalue weighted by Crippen LogP contribution is -2.30. The van der Waals surface area contributed by atoms with Crippen molar-refractivity contribution in [2.45, 2.75) is 20.0 Å². The number of ketones is 1. The number of aromatic hydroxyl groups is 1. The quantitative estimate of drug-likeness (QED) is 0.469. The normalized spacial score (nSPS) is 11.4. The van der Waals surface area contributed by atoms with Gasteiger partial charge < -0.3 is 15.2 Å². The maximum atomic E-state index is 12.4. The highest BCUT2D eigenvalue weighted by Gasteiger charge is 2.19. The Labute approximate surface area is 174 Å². The molecule has 6 heteroatoms. The lowest BCUT2D eigenvalue weighted by Gasteiger charge is -2.14. The van der Waals surface area contributed by atoms with Crippen molar-refractivity contribution in [3.8, 4) is 16.9 Å². The van der Waals surface area contributed by atoms with Crippen LogP contribution in [-0.2, 0) is 9.53 Å². The molecular formula is C24H21NO5. The van der Waals surface area contributed by atoms with Crippen molar-refractivity contribution in [2.24, 2.45) is 0 Å². The van der Waals surface area contributed by atoms with Crippen LogP contribution in [0.1, 0.15) is 34.6 Å². The van der Waals surface area contributed by atoms with Crippen molar-refractivity contribution < 1.29 is 24.2 Å². The monoisotopic (exact) mass is 403 g/mol. The van der Waals surface area contributed by atoms with E-state index in [2.05, 4.69) is 5.32 Å². The maximum Gasteiger partial charge on any atom is 0.338 e. The van der Waals surface area contributed by atoms with Gasteiger partial charge >= 0.3 is 5.97 Å². The number of rotatable bonds is 6. The van der Waals surface area contributed by atoms with Gasteiger partial charge in [-0.3, -0.25) is 9.59 Å². The molecule has 0 fully saturated rings. The van der Waals surface area contributed by atoms with Crippen molar-refractivity contribution in [1.29, 1.82) is 0 Å². The van der Waals surface area contributed by atoms with Crippen LogP contribution in [0.5, 0.6) is 5.75 Å². The topological polar surface area (TPSA) is 92.7 Å². The highest BCUT2D eigenvalue weighted by atomic mass is 16.5. The summed E-state index contributed by atoms with van der Waals surface area (Å²) in [6.45, 7) is 2.92. The van der Waals surface area contributed by atoms with Crippen molar-refractivity contribution in [1.82, 2.24) is 0 Å². The van der Waals surface area contributed by atoms with Crippen molar-refractivity contribution >= 4 is 23.3 Å². The lowest BCUT2D eigenvalue weighted by atomic mass is 10.0. The molecule has 30 heavy (non-hydrogen) atoms. The Morgan fingerprint density at radius 2 is 1.47 bits per heavy atom. The second-order valence-corrected chi connectivity index (χ2v) is 6.80. The van der Waals surface area contributed by atoms with Gasteiger partial charge in [-0.25, -0.2) is 4.79 Å². The van der Waals surface area contributed by atoms with E-state index in [1.807, 2.05) is 0 Å². The summed E-state index contributed by atoms with van der Waals surface area (Å²) in [5.74, 6) is -1.04. The van der Waals surface area contributed by atoms with Crippen LogP contribution in [0.3, 0.4) is 0 Å². The summed E-state index contributed by atoms with van der Waals surface area (Å²) in [6.07, 6.45) is -1.02. The molecule has 6 nitrogen and oxygen atoms in total. The summed E-state index contributed by atoms with van der Waals surface area (Å²) in [6, 6.07) is 20.0. The average Bonchev–Trinajstić information content (AvgIpc) is 2.74. The Bertz CT molecular complexity index is 1070. The summed E-state index contributed by atoms with van der Waals surface area (Å²) in [5.41, 5.74) is 3.02. The van der Waals surface area contributed by atoms with Crippen LogP contribution in [0.15, 0.2) is 72.8 Å². The van der Waals surface area contributed by atoms with E-state index in [-0.39, 0.29) is 11.5 Å². The van der Waals surface area contributed by atoms with Crippen LogP contribution in [0.2, 0.25) is 0 Å². The molecule has 0 aliphatic rings. The number of Topliss-reactive ketones (excluding diaryl/α,β-unsaturated/α-hetero) is 1. The van der Waals surface area contributed by atoms with Gasteiger partial charge in [0, 0.05) is 11.3 Å². The molecule has 0 aromatic heterocycles. The van der Waals surface area contributed by atoms with Crippen LogP contribution in [-0.4, -0.2) is 28.9 Å². The summed E-state index contributed by atoms with van der Waals surface area (Å²) in [4.78, 5) is 36.2. The Morgan fingerprint density at radius 1 is 0.867 bits per heavy atom. The number of esters is 1. The number of anilines is 1. The first kappa shape index (κ1) is 20.8. The Hall–Kier alpha value is -3.93. The minimum Gasteiger partial charge on any atom is -0.508 e. The number of hydrogen-bond acceptors (Lipinski definition) is 5. The van der Waals surface area contributed by atoms with E-state index in [1.54, 1.807) is 72.8 Å². The minimum atomic E-state index is -1.02. The SMILES string of the molecule is CC(=O)c1cccc(NC(=O)[C@H](C)OC(=O)c2ccc(-c3ccc(O)cc3)cc2)c1. The smallest absolute Gasteiger partial charge is 0.338 e. The molecule has 0 heterocycles. The molecule has 3 aromatic carbocycles. The molecule has 2 N–H and O–H groups in total. The second kappa shape index (κ2) is 9.05. The zero-order valence-electron chi connectivity index (χ0n) is 16.6. The second-order valence-electron chi connectivity index (χ2n) is 6.80. The molecule has 3 rings (SSSR count). The molecule has 152 valence electrons. The number of amides is 1. The van der Waals surface area contributed by atoms with Gasteiger partial charge in [-0.1, -0.05) is 36.4 Å². The number of benzene rings is 3. The molecule has 3 aromatic rings. The predicted molar refractivity (Wildman–Crippen MR) is 113 cm³/mol. The molecule has 0 spiro atoms. The highest BCUT2D eigenvalue weighted by molar-refractivity contribution is 5.99. The van der Waals surface area contributed by atoms with Gasteiger partial charge in [0.2, 0.25) is 0 Å². The molecule has 0 radical (unpaired) electrons. The molecule has 0 saturated carbocycles. The molecule has 0 saturated heterocycles. The molecule has 0 aliphatic heterocycles. The maximum absolute atomic E-state index is 12.4. The molecule has 0 aliphatic carbocycles. The van der Waals surface area contributed by atoms with E-state index < -0.39 is 18.0 Å². The highest BCUT2D eigenvalue weighted by Crippen LogP contribution is 2.22. The third kappa shape index (κ3) is 5.11. The molecule has 1 amide bonds. The molecule has 1 atom stereocenters. The van der Waals surface area contributed by atoms with Gasteiger partial charge in [-0.2, -0.15) is 0 Å². The average molecular weight is 403 g/mol. The van der Waals surface area contributed by atoms with Gasteiger partial charge in [0.25, 0.3) is 5.91 Å². The van der Waals surface area contributed by atoms with Gasteiger partial charge in [0.05, 0.1) is 5.56 Å². The van der Waals surface area contributed by atoms with Crippen LogP contribution >= 0.6 is 0 Å². The number of phenols is 1. The number of carbonyl (C=O) groups excluding carboxylic acids is 3. The third-order valence-corrected chi connectivity index (χ3v) is 4.51. The summed E-state index contributed by atoms with van der Waals surface area (Å²) in [5, 5.41) is 12.0. The fourth-order valence-corrected chi connectivity index (χ4v) is 2.79. The Kier molecular flexibility index (Phi) is 6.27. The van der Waals surface area contributed by atoms with E-state index in [1.165, 1.54) is 13.8 Å². The van der Waals surface area contributed by atoms with Gasteiger partial charge in [0.15, 0.2) is 11.9 Å². The van der Waals surface area contributed by atoms with Crippen LogP contribution in [0, 0.1) is 0 Å². The van der Waals surface area contributed by atoms with Crippen molar-refractivity contribution in [3.63, 3.8) is 0 Å². The number of nitrogens with one attached hydrogen (secondary N) is 1. The molecule has 0 unspecified atom stereocenters. The first-order chi connectivity index (χ1) is 14.3. The van der Waals surface area contributed by atoms with E-state index in [0.29, 0.717) is 16.8 Å². The van der Waals surface area contributed by atoms with E-state index >= 15 is 0 Å². The molecule has 0 bridgehead atoms. The van der Waals surface area contributed by atoms with E-state index in [9.17, 15) is 19.5 Å². The largest absolute Gasteiger partial charge is 0.508 e. The third-order valence-electron chi connectivity index (χ3n) is 4.51. The fourth-order valence-electron chi connectivity index (χ4n) is 2.79. The van der Waals surface area contributed by atoms with E-state index in [4.69, 9.17) is 4.74 Å². The Balaban J connectivity index is 1.62. The zero-order valence-corrected chi connectivity index (χ0v) is 16.6. The Morgan fingerprint density at radius 3 is 2.07 bits per heavy atom. The number of ether oxygens (including phenoxy) is 1. The summed E-state index contributed by atoms with van der Waals surface area (Å²) in [7, 11) is 0. The van der Waals surface area contributed by atoms with Crippen LogP contribution in [0.25, 0.3) is 11.1 Å². The van der Waals surface area contributed by atoms with Gasteiger partial charge in [-0.05, 0) is 61.4 Å². The number of hydrogen-bond donors (Lipinski definition) is 2. The van der Waals surface area contributed by atoms with Gasteiger partial charge in [-0.15, -0.1) is 0 Å². The lowest BCUT2D eigenvalue weighted by molar-refractivity contribution is -0.123. The standard InChI is InChI=1S/C24H21NO5/c1-15(26)20-4-3-5-21(14-20)25-23(28)16(2)30-24(29)19-8-6-17(7-9-19)18-10-12-22(27)13-11-18/h3-14,16,27H,1-2H3,(H,25,28)/t16-/m0/s1. The first-order valence-electron chi connectivity index (χ1n) is 9.36. The van der Waals surface area contributed by atoms with Crippen LogP contribution in [0.4, 0.5) is 5.69 Å².